The van der Waals surface area contributed by atoms with Gasteiger partial charge in [0.25, 0.3) is 5.91 Å². The van der Waals surface area contributed by atoms with E-state index in [1.54, 1.807) is 36.8 Å². The van der Waals surface area contributed by atoms with Gasteiger partial charge in [-0.25, -0.2) is 15.0 Å². The number of amides is 1. The van der Waals surface area contributed by atoms with Crippen molar-refractivity contribution in [2.75, 3.05) is 24.3 Å². The molecule has 1 N–H and O–H groups in total. The van der Waals surface area contributed by atoms with Gasteiger partial charge in [0.15, 0.2) is 5.82 Å². The quantitative estimate of drug-likeness (QED) is 0.797. The van der Waals surface area contributed by atoms with Crippen LogP contribution in [-0.4, -0.2) is 39.5 Å². The molecule has 0 unspecified atom stereocenters. The first-order valence-corrected chi connectivity index (χ1v) is 7.46. The van der Waals surface area contributed by atoms with E-state index in [9.17, 15) is 4.79 Å². The molecule has 1 amide bonds. The fourth-order valence-corrected chi connectivity index (χ4v) is 2.29. The van der Waals surface area contributed by atoms with E-state index in [1.165, 1.54) is 0 Å². The van der Waals surface area contributed by atoms with E-state index in [2.05, 4.69) is 20.3 Å². The maximum absolute atomic E-state index is 12.6. The van der Waals surface area contributed by atoms with Gasteiger partial charge in [-0.2, -0.15) is 0 Å². The van der Waals surface area contributed by atoms with Gasteiger partial charge < -0.3 is 10.2 Å². The number of carbonyl (C=O) groups is 1. The number of hydrogen-bond acceptors (Lipinski definition) is 5. The molecule has 7 nitrogen and oxygen atoms in total. The fourth-order valence-electron chi connectivity index (χ4n) is 2.29. The van der Waals surface area contributed by atoms with Gasteiger partial charge in [0.2, 0.25) is 0 Å². The molecule has 0 aliphatic carbocycles. The molecule has 0 fully saturated rings. The van der Waals surface area contributed by atoms with E-state index >= 15 is 0 Å². The molecule has 3 aromatic rings. The van der Waals surface area contributed by atoms with E-state index in [1.807, 2.05) is 42.7 Å². The number of aromatic nitrogens is 4. The average Bonchev–Trinajstić information content (AvgIpc) is 3.01. The third kappa shape index (κ3) is 3.10. The van der Waals surface area contributed by atoms with Crippen LogP contribution >= 0.6 is 0 Å². The molecule has 0 atom stereocenters. The summed E-state index contributed by atoms with van der Waals surface area (Å²) in [4.78, 5) is 27.2. The largest absolute Gasteiger partial charge is 0.363 e. The van der Waals surface area contributed by atoms with Gasteiger partial charge >= 0.3 is 0 Å². The molecular formula is C17H18N6O. The summed E-state index contributed by atoms with van der Waals surface area (Å²) in [7, 11) is 3.76. The summed E-state index contributed by atoms with van der Waals surface area (Å²) in [5, 5.41) is 2.91. The second-order valence-electron chi connectivity index (χ2n) is 5.47. The third-order valence-corrected chi connectivity index (χ3v) is 3.55. The zero-order valence-corrected chi connectivity index (χ0v) is 13.8. The van der Waals surface area contributed by atoms with E-state index in [0.717, 1.165) is 11.6 Å². The van der Waals surface area contributed by atoms with Crippen LogP contribution in [0.3, 0.4) is 0 Å². The minimum atomic E-state index is -0.215. The number of carbonyl (C=O) groups excluding carboxylic acids is 1. The molecule has 0 bridgehead atoms. The van der Waals surface area contributed by atoms with E-state index in [-0.39, 0.29) is 5.91 Å². The van der Waals surface area contributed by atoms with Crippen molar-refractivity contribution >= 4 is 17.4 Å². The van der Waals surface area contributed by atoms with Crippen molar-refractivity contribution in [3.8, 4) is 5.82 Å². The molecule has 0 radical (unpaired) electrons. The summed E-state index contributed by atoms with van der Waals surface area (Å²) in [5.41, 5.74) is 1.15. The van der Waals surface area contributed by atoms with Gasteiger partial charge in [0.05, 0.1) is 5.69 Å². The van der Waals surface area contributed by atoms with Gasteiger partial charge in [-0.05, 0) is 31.2 Å². The highest BCUT2D eigenvalue weighted by molar-refractivity contribution is 6.05. The van der Waals surface area contributed by atoms with Crippen LogP contribution in [0.15, 0.2) is 49.1 Å². The lowest BCUT2D eigenvalue weighted by molar-refractivity contribution is 0.102. The van der Waals surface area contributed by atoms with Gasteiger partial charge in [-0.1, -0.05) is 0 Å². The average molecular weight is 322 g/mol. The number of hydrogen-bond donors (Lipinski definition) is 1. The monoisotopic (exact) mass is 322 g/mol. The lowest BCUT2D eigenvalue weighted by Crippen LogP contribution is -2.16. The maximum atomic E-state index is 12.6. The molecule has 3 heterocycles. The lowest BCUT2D eigenvalue weighted by atomic mass is 10.2. The number of nitrogens with one attached hydrogen (secondary N) is 1. The number of nitrogens with zero attached hydrogens (tertiary/aromatic N) is 5. The summed E-state index contributed by atoms with van der Waals surface area (Å²) < 4.78 is 1.83. The number of pyridine rings is 2. The number of rotatable bonds is 4. The molecule has 0 aromatic carbocycles. The van der Waals surface area contributed by atoms with E-state index < -0.39 is 0 Å². The smallest absolute Gasteiger partial charge is 0.255 e. The number of imidazole rings is 1. The Kier molecular flexibility index (Phi) is 4.24. The van der Waals surface area contributed by atoms with Crippen LogP contribution in [0.4, 0.5) is 11.5 Å². The first-order valence-electron chi connectivity index (χ1n) is 7.46. The van der Waals surface area contributed by atoms with Crippen molar-refractivity contribution in [3.63, 3.8) is 0 Å². The normalized spacial score (nSPS) is 10.5. The minimum Gasteiger partial charge on any atom is -0.363 e. The zero-order chi connectivity index (χ0) is 17.1. The van der Waals surface area contributed by atoms with Crippen molar-refractivity contribution in [1.82, 2.24) is 19.5 Å². The third-order valence-electron chi connectivity index (χ3n) is 3.55. The molecule has 3 rings (SSSR count). The topological polar surface area (TPSA) is 75.9 Å². The van der Waals surface area contributed by atoms with Gasteiger partial charge in [-0.15, -0.1) is 0 Å². The summed E-state index contributed by atoms with van der Waals surface area (Å²) in [5.74, 6) is 1.93. The van der Waals surface area contributed by atoms with Crippen molar-refractivity contribution in [3.05, 3.63) is 60.4 Å². The molecule has 0 saturated heterocycles. The lowest BCUT2D eigenvalue weighted by Gasteiger charge is -2.14. The molecule has 0 aliphatic heterocycles. The van der Waals surface area contributed by atoms with Crippen molar-refractivity contribution < 1.29 is 4.79 Å². The molecule has 24 heavy (non-hydrogen) atoms. The molecule has 3 aromatic heterocycles. The Morgan fingerprint density at radius 3 is 2.67 bits per heavy atom. The summed E-state index contributed by atoms with van der Waals surface area (Å²) >= 11 is 0. The summed E-state index contributed by atoms with van der Waals surface area (Å²) in [6, 6.07) is 7.02. The van der Waals surface area contributed by atoms with Crippen molar-refractivity contribution in [2.45, 2.75) is 6.92 Å². The Morgan fingerprint density at radius 2 is 1.96 bits per heavy atom. The van der Waals surface area contributed by atoms with Gasteiger partial charge in [-0.3, -0.25) is 9.36 Å². The zero-order valence-electron chi connectivity index (χ0n) is 13.8. The Balaban J connectivity index is 1.91. The van der Waals surface area contributed by atoms with E-state index in [0.29, 0.717) is 17.1 Å². The standard InChI is InChI=1S/C17H18N6O/c1-12-18-9-10-23(12)16-14(5-4-7-20-16)21-17(24)13-6-8-19-15(11-13)22(2)3/h4-11H,1-3H3,(H,21,24). The molecule has 122 valence electrons. The predicted octanol–water partition coefficient (Wildman–Crippen LogP) is 2.29. The highest BCUT2D eigenvalue weighted by atomic mass is 16.1. The molecular weight excluding hydrogens is 304 g/mol. The Labute approximate surface area is 140 Å². The maximum Gasteiger partial charge on any atom is 0.255 e. The Hall–Kier alpha value is -3.22. The molecule has 0 spiro atoms. The van der Waals surface area contributed by atoms with E-state index in [4.69, 9.17) is 0 Å². The van der Waals surface area contributed by atoms with Gasteiger partial charge in [0, 0.05) is 44.4 Å². The first kappa shape index (κ1) is 15.7. The van der Waals surface area contributed by atoms with Crippen LogP contribution in [0.25, 0.3) is 5.82 Å². The van der Waals surface area contributed by atoms with Crippen molar-refractivity contribution in [2.24, 2.45) is 0 Å². The SMILES string of the molecule is Cc1nccn1-c1ncccc1NC(=O)c1ccnc(N(C)C)c1. The fraction of sp³-hybridized carbons (Fsp3) is 0.176. The predicted molar refractivity (Wildman–Crippen MR) is 92.6 cm³/mol. The van der Waals surface area contributed by atoms with Crippen LogP contribution in [0, 0.1) is 6.92 Å². The second kappa shape index (κ2) is 6.49. The Morgan fingerprint density at radius 1 is 1.12 bits per heavy atom. The summed E-state index contributed by atoms with van der Waals surface area (Å²) in [6.45, 7) is 1.88. The molecule has 0 aliphatic rings. The number of aryl methyl sites for hydroxylation is 1. The van der Waals surface area contributed by atoms with Crippen LogP contribution in [-0.2, 0) is 0 Å². The summed E-state index contributed by atoms with van der Waals surface area (Å²) in [6.07, 6.45) is 6.81. The minimum absolute atomic E-state index is 0.215. The highest BCUT2D eigenvalue weighted by Gasteiger charge is 2.13. The molecule has 0 saturated carbocycles. The van der Waals surface area contributed by atoms with Crippen LogP contribution in [0.1, 0.15) is 16.2 Å². The highest BCUT2D eigenvalue weighted by Crippen LogP contribution is 2.20. The van der Waals surface area contributed by atoms with Gasteiger partial charge in [0.1, 0.15) is 11.6 Å². The van der Waals surface area contributed by atoms with Crippen LogP contribution in [0.2, 0.25) is 0 Å². The second-order valence-corrected chi connectivity index (χ2v) is 5.47. The van der Waals surface area contributed by atoms with Crippen LogP contribution < -0.4 is 10.2 Å². The first-order chi connectivity index (χ1) is 11.6. The number of anilines is 2. The van der Waals surface area contributed by atoms with Crippen molar-refractivity contribution in [1.29, 1.82) is 0 Å². The molecule has 7 heteroatoms. The Bertz CT molecular complexity index is 871. The van der Waals surface area contributed by atoms with Crippen LogP contribution in [0.5, 0.6) is 0 Å².